The Morgan fingerprint density at radius 3 is 2.44 bits per heavy atom. The second kappa shape index (κ2) is 9.30. The molecule has 1 fully saturated rings. The van der Waals surface area contributed by atoms with Gasteiger partial charge in [-0.1, -0.05) is 12.8 Å². The Morgan fingerprint density at radius 1 is 1.22 bits per heavy atom. The fraction of sp³-hybridized carbons (Fsp3) is 0.923. The first-order chi connectivity index (χ1) is 8.77. The molecule has 0 radical (unpaired) electrons. The number of aliphatic hydroxyl groups excluding tert-OH is 1. The Balaban J connectivity index is 2.37. The van der Waals surface area contributed by atoms with Crippen LogP contribution in [0.2, 0.25) is 0 Å². The number of aliphatic hydroxyl groups is 1. The third kappa shape index (κ3) is 5.80. The number of amides is 1. The lowest BCUT2D eigenvalue weighted by molar-refractivity contribution is -0.132. The summed E-state index contributed by atoms with van der Waals surface area (Å²) in [6, 6.07) is 0. The van der Waals surface area contributed by atoms with Crippen molar-refractivity contribution in [1.82, 2.24) is 9.80 Å². The van der Waals surface area contributed by atoms with E-state index in [1.54, 1.807) is 7.11 Å². The summed E-state index contributed by atoms with van der Waals surface area (Å²) in [5, 5.41) is 9.00. The second-order valence-corrected chi connectivity index (χ2v) is 4.79. The summed E-state index contributed by atoms with van der Waals surface area (Å²) in [4.78, 5) is 16.1. The molecule has 18 heavy (non-hydrogen) atoms. The number of carbonyl (C=O) groups excluding carboxylic acids is 1. The van der Waals surface area contributed by atoms with E-state index in [-0.39, 0.29) is 12.5 Å². The minimum Gasteiger partial charge on any atom is -0.395 e. The molecule has 1 heterocycles. The Morgan fingerprint density at radius 2 is 1.89 bits per heavy atom. The van der Waals surface area contributed by atoms with Gasteiger partial charge in [0.05, 0.1) is 19.8 Å². The van der Waals surface area contributed by atoms with Crippen LogP contribution in [0.1, 0.15) is 25.7 Å². The van der Waals surface area contributed by atoms with E-state index in [4.69, 9.17) is 9.84 Å². The van der Waals surface area contributed by atoms with Crippen LogP contribution in [-0.2, 0) is 9.53 Å². The van der Waals surface area contributed by atoms with E-state index < -0.39 is 0 Å². The van der Waals surface area contributed by atoms with Gasteiger partial charge in [-0.25, -0.2) is 0 Å². The topological polar surface area (TPSA) is 53.0 Å². The van der Waals surface area contributed by atoms with Gasteiger partial charge in [0, 0.05) is 33.3 Å². The van der Waals surface area contributed by atoms with Crippen molar-refractivity contribution in [2.75, 3.05) is 53.0 Å². The lowest BCUT2D eigenvalue weighted by Crippen LogP contribution is -2.42. The van der Waals surface area contributed by atoms with Crippen molar-refractivity contribution in [3.05, 3.63) is 0 Å². The molecule has 5 nitrogen and oxygen atoms in total. The largest absolute Gasteiger partial charge is 0.395 e. The van der Waals surface area contributed by atoms with E-state index in [9.17, 15) is 4.79 Å². The normalized spacial score (nSPS) is 16.9. The van der Waals surface area contributed by atoms with Crippen LogP contribution in [0.4, 0.5) is 0 Å². The molecule has 0 unspecified atom stereocenters. The van der Waals surface area contributed by atoms with Crippen LogP contribution < -0.4 is 0 Å². The lowest BCUT2D eigenvalue weighted by Gasteiger charge is -2.26. The molecule has 1 N–H and O–H groups in total. The Hall–Kier alpha value is -0.650. The molecule has 5 heteroatoms. The number of methoxy groups -OCH3 is 1. The number of carbonyl (C=O) groups is 1. The van der Waals surface area contributed by atoms with Crippen molar-refractivity contribution in [3.8, 4) is 0 Å². The van der Waals surface area contributed by atoms with Crippen molar-refractivity contribution in [3.63, 3.8) is 0 Å². The van der Waals surface area contributed by atoms with E-state index in [1.165, 1.54) is 12.8 Å². The molecule has 0 aliphatic carbocycles. The van der Waals surface area contributed by atoms with Gasteiger partial charge in [-0.05, 0) is 12.8 Å². The van der Waals surface area contributed by atoms with Crippen LogP contribution in [0, 0.1) is 0 Å². The minimum absolute atomic E-state index is 0.0804. The first-order valence-corrected chi connectivity index (χ1v) is 6.88. The second-order valence-electron chi connectivity index (χ2n) is 4.79. The molecule has 0 aromatic rings. The molecule has 106 valence electrons. The van der Waals surface area contributed by atoms with Gasteiger partial charge >= 0.3 is 0 Å². The van der Waals surface area contributed by atoms with E-state index in [0.717, 1.165) is 25.9 Å². The quantitative estimate of drug-likeness (QED) is 0.715. The third-order valence-corrected chi connectivity index (χ3v) is 3.35. The summed E-state index contributed by atoms with van der Waals surface area (Å²) in [5.74, 6) is 0.182. The number of hydrogen-bond donors (Lipinski definition) is 1. The van der Waals surface area contributed by atoms with Crippen molar-refractivity contribution >= 4 is 5.91 Å². The highest BCUT2D eigenvalue weighted by molar-refractivity contribution is 5.78. The number of hydrogen-bond acceptors (Lipinski definition) is 4. The van der Waals surface area contributed by atoms with Crippen molar-refractivity contribution in [2.45, 2.75) is 25.7 Å². The monoisotopic (exact) mass is 258 g/mol. The lowest BCUT2D eigenvalue weighted by atomic mass is 10.2. The summed E-state index contributed by atoms with van der Waals surface area (Å²) >= 11 is 0. The van der Waals surface area contributed by atoms with Gasteiger partial charge in [0.2, 0.25) is 5.91 Å². The van der Waals surface area contributed by atoms with E-state index in [1.807, 2.05) is 9.80 Å². The summed E-state index contributed by atoms with van der Waals surface area (Å²) in [6.45, 7) is 4.06. The molecule has 1 rings (SSSR count). The highest BCUT2D eigenvalue weighted by Gasteiger charge is 2.18. The van der Waals surface area contributed by atoms with Crippen LogP contribution >= 0.6 is 0 Å². The predicted octanol–water partition coefficient (Wildman–Crippen LogP) is 0.330. The van der Waals surface area contributed by atoms with E-state index in [0.29, 0.717) is 26.2 Å². The Kier molecular flexibility index (Phi) is 7.96. The van der Waals surface area contributed by atoms with Crippen LogP contribution in [0.3, 0.4) is 0 Å². The molecule has 0 spiro atoms. The molecule has 0 aromatic heterocycles. The van der Waals surface area contributed by atoms with Crippen LogP contribution in [0.5, 0.6) is 0 Å². The van der Waals surface area contributed by atoms with Gasteiger partial charge in [-0.15, -0.1) is 0 Å². The number of rotatable bonds is 7. The smallest absolute Gasteiger partial charge is 0.236 e. The molecular weight excluding hydrogens is 232 g/mol. The summed E-state index contributed by atoms with van der Waals surface area (Å²) in [5.41, 5.74) is 0. The van der Waals surface area contributed by atoms with E-state index in [2.05, 4.69) is 0 Å². The average Bonchev–Trinajstić information content (AvgIpc) is 2.65. The molecule has 1 saturated heterocycles. The first-order valence-electron chi connectivity index (χ1n) is 6.88. The molecular formula is C13H26N2O3. The maximum absolute atomic E-state index is 12.2. The van der Waals surface area contributed by atoms with Gasteiger partial charge in [-0.3, -0.25) is 9.69 Å². The number of ether oxygens (including phenoxy) is 1. The number of nitrogens with zero attached hydrogens (tertiary/aromatic N) is 2. The first kappa shape index (κ1) is 15.4. The van der Waals surface area contributed by atoms with Gasteiger partial charge in [0.1, 0.15) is 0 Å². The highest BCUT2D eigenvalue weighted by Crippen LogP contribution is 2.10. The fourth-order valence-electron chi connectivity index (χ4n) is 2.24. The molecule has 1 aliphatic rings. The standard InChI is InChI=1S/C13H26N2O3/c1-18-11-9-14(8-10-16)12-13(17)15-6-4-2-3-5-7-15/h16H,2-12H2,1H3. The molecule has 0 aromatic carbocycles. The van der Waals surface area contributed by atoms with Gasteiger partial charge in [-0.2, -0.15) is 0 Å². The summed E-state index contributed by atoms with van der Waals surface area (Å²) in [6.07, 6.45) is 4.69. The molecule has 0 atom stereocenters. The average molecular weight is 258 g/mol. The van der Waals surface area contributed by atoms with Gasteiger partial charge in [0.25, 0.3) is 0 Å². The third-order valence-electron chi connectivity index (χ3n) is 3.35. The number of likely N-dealkylation sites (tertiary alicyclic amines) is 1. The molecule has 1 amide bonds. The predicted molar refractivity (Wildman–Crippen MR) is 70.4 cm³/mol. The van der Waals surface area contributed by atoms with Gasteiger partial charge in [0.15, 0.2) is 0 Å². The summed E-state index contributed by atoms with van der Waals surface area (Å²) < 4.78 is 5.02. The maximum atomic E-state index is 12.2. The minimum atomic E-state index is 0.0804. The zero-order valence-electron chi connectivity index (χ0n) is 11.4. The molecule has 0 saturated carbocycles. The van der Waals surface area contributed by atoms with Crippen LogP contribution in [-0.4, -0.2) is 73.9 Å². The van der Waals surface area contributed by atoms with Gasteiger partial charge < -0.3 is 14.7 Å². The maximum Gasteiger partial charge on any atom is 0.236 e. The zero-order valence-corrected chi connectivity index (χ0v) is 11.4. The zero-order chi connectivity index (χ0) is 13.2. The summed E-state index contributed by atoms with van der Waals surface area (Å²) in [7, 11) is 1.65. The van der Waals surface area contributed by atoms with Crippen molar-refractivity contribution < 1.29 is 14.6 Å². The molecule has 1 aliphatic heterocycles. The van der Waals surface area contributed by atoms with Crippen molar-refractivity contribution in [2.24, 2.45) is 0 Å². The van der Waals surface area contributed by atoms with Crippen LogP contribution in [0.25, 0.3) is 0 Å². The fourth-order valence-corrected chi connectivity index (χ4v) is 2.24. The Bertz CT molecular complexity index is 228. The highest BCUT2D eigenvalue weighted by atomic mass is 16.5. The van der Waals surface area contributed by atoms with E-state index >= 15 is 0 Å². The SMILES string of the molecule is COCCN(CCO)CC(=O)N1CCCCCC1. The van der Waals surface area contributed by atoms with Crippen molar-refractivity contribution in [1.29, 1.82) is 0 Å². The Labute approximate surface area is 110 Å². The molecule has 0 bridgehead atoms. The van der Waals surface area contributed by atoms with Crippen LogP contribution in [0.15, 0.2) is 0 Å².